The maximum Gasteiger partial charge on any atom is 0 e. The summed E-state index contributed by atoms with van der Waals surface area (Å²) in [6.07, 6.45) is 0. The molecule has 12 heavy (non-hydrogen) atoms. The van der Waals surface area contributed by atoms with Gasteiger partial charge in [0.15, 0.2) is 0 Å². The number of rotatable bonds is 0. The predicted molar refractivity (Wildman–Crippen MR) is 0 cm³/mol. The minimum atomic E-state index is 0. The fourth-order valence-electron chi connectivity index (χ4n) is 0. The fraction of sp³-hybridized carbons (Fsp3) is 0. The molecule has 12 heteroatoms. The summed E-state index contributed by atoms with van der Waals surface area (Å²) in [6.45, 7) is 0. The normalized spacial score (nSPS) is 0. The summed E-state index contributed by atoms with van der Waals surface area (Å²) in [6, 6.07) is 0. The summed E-state index contributed by atoms with van der Waals surface area (Å²) >= 11 is 0. The Bertz CT molecular complexity index is 0. The van der Waals surface area contributed by atoms with Gasteiger partial charge in [-0.3, -0.25) is 0 Å². The molecule has 0 amide bonds. The molecule has 0 aliphatic carbocycles. The van der Waals surface area contributed by atoms with Gasteiger partial charge in [0, 0.05) is 261 Å². The van der Waals surface area contributed by atoms with E-state index in [0.717, 1.165) is 0 Å². The minimum absolute atomic E-state index is 0. The Labute approximate surface area is 253 Å². The summed E-state index contributed by atoms with van der Waals surface area (Å²) < 4.78 is 0. The summed E-state index contributed by atoms with van der Waals surface area (Å²) in [7, 11) is 0. The van der Waals surface area contributed by atoms with E-state index in [1.54, 1.807) is 0 Å². The van der Waals surface area contributed by atoms with Gasteiger partial charge in [0.2, 0.25) is 0 Å². The second-order valence-corrected chi connectivity index (χ2v) is 0. The molecule has 0 bridgehead atoms. The van der Waals surface area contributed by atoms with Crippen molar-refractivity contribution in [3.05, 3.63) is 0 Å². The van der Waals surface area contributed by atoms with Gasteiger partial charge in [-0.05, 0) is 0 Å². The zero-order chi connectivity index (χ0) is 0. The van der Waals surface area contributed by atoms with Crippen LogP contribution >= 0.6 is 0 Å². The predicted octanol–water partition coefficient (Wildman–Crippen LogP) is -0.0300. The molecule has 0 rings (SSSR count). The summed E-state index contributed by atoms with van der Waals surface area (Å²) in [5.41, 5.74) is 0. The largest absolute Gasteiger partial charge is 0 e. The summed E-state index contributed by atoms with van der Waals surface area (Å²) in [5, 5.41) is 0. The molecule has 0 radical (unpaired) electrons. The first-order valence-corrected chi connectivity index (χ1v) is 0. The molecule has 0 aliphatic heterocycles. The van der Waals surface area contributed by atoms with Crippen molar-refractivity contribution in [1.82, 2.24) is 0 Å². The third kappa shape index (κ3) is 78.0. The quantitative estimate of drug-likeness (QED) is 0.357. The maximum absolute atomic E-state index is 0. The molecule has 0 atom stereocenters. The maximum atomic E-state index is 0. The van der Waals surface area contributed by atoms with Crippen LogP contribution in [0.25, 0.3) is 0 Å². The van der Waals surface area contributed by atoms with Crippen molar-refractivity contribution >= 4 is 0 Å². The topological polar surface area (TPSA) is 0 Å². The van der Waals surface area contributed by atoms with Gasteiger partial charge in [0.25, 0.3) is 0 Å². The second kappa shape index (κ2) is 91.9. The van der Waals surface area contributed by atoms with Crippen molar-refractivity contribution in [2.75, 3.05) is 0 Å². The van der Waals surface area contributed by atoms with Gasteiger partial charge in [-0.1, -0.05) is 0 Å². The van der Waals surface area contributed by atoms with Crippen molar-refractivity contribution in [1.29, 1.82) is 0 Å². The van der Waals surface area contributed by atoms with Crippen LogP contribution in [0.1, 0.15) is 0 Å². The molecule has 0 N–H and O–H groups in total. The van der Waals surface area contributed by atoms with E-state index in [1.165, 1.54) is 0 Å². The van der Waals surface area contributed by atoms with E-state index >= 15 is 0 Å². The molecule has 0 saturated carbocycles. The van der Waals surface area contributed by atoms with Gasteiger partial charge in [0.05, 0.1) is 0 Å². The number of hydrogen-bond acceptors (Lipinski definition) is 0. The molecule has 0 aliphatic rings. The molecule has 0 unspecified atom stereocenters. The van der Waals surface area contributed by atoms with Crippen LogP contribution in [0.15, 0.2) is 0 Å². The second-order valence-electron chi connectivity index (χ2n) is 0. The zero-order valence-corrected chi connectivity index (χ0v) is 24.7. The average molecular weight is 574 g/mol. The first-order valence-electron chi connectivity index (χ1n) is 0. The van der Waals surface area contributed by atoms with Crippen molar-refractivity contribution < 1.29 is 261 Å². The molecular weight excluding hydrogens is 574 g/mol. The van der Waals surface area contributed by atoms with Crippen LogP contribution in [0, 0.1) is 0 Å². The molecule has 0 nitrogen and oxygen atoms in total. The summed E-state index contributed by atoms with van der Waals surface area (Å²) in [4.78, 5) is 0. The van der Waals surface area contributed by atoms with Gasteiger partial charge in [0.1, 0.15) is 0 Å². The first kappa shape index (κ1) is 107. The Hall–Kier alpha value is 8.57. The standard InChI is InChI=1S/12Ti. The monoisotopic (exact) mass is 575 g/mol. The van der Waals surface area contributed by atoms with E-state index in [4.69, 9.17) is 0 Å². The molecule has 0 fully saturated rings. The van der Waals surface area contributed by atoms with Gasteiger partial charge in [-0.25, -0.2) is 0 Å². The van der Waals surface area contributed by atoms with E-state index < -0.39 is 0 Å². The van der Waals surface area contributed by atoms with E-state index in [9.17, 15) is 0 Å². The molecule has 48 valence electrons. The van der Waals surface area contributed by atoms with E-state index in [1.807, 2.05) is 0 Å². The van der Waals surface area contributed by atoms with E-state index in [2.05, 4.69) is 0 Å². The van der Waals surface area contributed by atoms with Gasteiger partial charge in [-0.15, -0.1) is 0 Å². The zero-order valence-electron chi connectivity index (χ0n) is 6.00. The van der Waals surface area contributed by atoms with Crippen LogP contribution in [-0.2, 0) is 261 Å². The Kier molecular flexibility index (Phi) is 821. The van der Waals surface area contributed by atoms with Crippen molar-refractivity contribution in [3.8, 4) is 0 Å². The van der Waals surface area contributed by atoms with Crippen LogP contribution in [0.2, 0.25) is 0 Å². The van der Waals surface area contributed by atoms with Crippen LogP contribution in [0.3, 0.4) is 0 Å². The first-order chi connectivity index (χ1) is 0. The van der Waals surface area contributed by atoms with E-state index in [0.29, 0.717) is 0 Å². The van der Waals surface area contributed by atoms with Crippen molar-refractivity contribution in [2.45, 2.75) is 0 Å². The van der Waals surface area contributed by atoms with Gasteiger partial charge in [-0.2, -0.15) is 0 Å². The van der Waals surface area contributed by atoms with Gasteiger partial charge < -0.3 is 0 Å². The molecule has 0 spiro atoms. The third-order valence-electron chi connectivity index (χ3n) is 0. The Morgan fingerprint density at radius 2 is 0.0833 bits per heavy atom. The van der Waals surface area contributed by atoms with Gasteiger partial charge >= 0.3 is 0 Å². The molecule has 0 heterocycles. The molecule has 0 aromatic rings. The Morgan fingerprint density at radius 3 is 0.0833 bits per heavy atom. The van der Waals surface area contributed by atoms with Crippen LogP contribution in [0.5, 0.6) is 0 Å². The SMILES string of the molecule is [Ti].[Ti].[Ti].[Ti].[Ti].[Ti].[Ti].[Ti].[Ti].[Ti].[Ti].[Ti]. The van der Waals surface area contributed by atoms with Crippen molar-refractivity contribution in [2.24, 2.45) is 0 Å². The van der Waals surface area contributed by atoms with Crippen LogP contribution in [-0.4, -0.2) is 0 Å². The van der Waals surface area contributed by atoms with Crippen LogP contribution < -0.4 is 0 Å². The molecule has 0 aromatic heterocycles. The number of hydrogen-bond donors (Lipinski definition) is 0. The molecule has 0 saturated heterocycles. The molecular formula is Ti12. The summed E-state index contributed by atoms with van der Waals surface area (Å²) in [5.74, 6) is 0. The van der Waals surface area contributed by atoms with Crippen molar-refractivity contribution in [3.63, 3.8) is 0 Å². The van der Waals surface area contributed by atoms with Crippen LogP contribution in [0.4, 0.5) is 0 Å². The molecule has 0 aromatic carbocycles. The average Bonchev–Trinajstić information content (AvgIpc) is 0. The Balaban J connectivity index is 0. The Morgan fingerprint density at radius 1 is 0.0833 bits per heavy atom. The fourth-order valence-corrected chi connectivity index (χ4v) is 0. The minimum Gasteiger partial charge on any atom is 0 e. The smallest absolute Gasteiger partial charge is 0 e. The third-order valence-corrected chi connectivity index (χ3v) is 0. The van der Waals surface area contributed by atoms with E-state index in [-0.39, 0.29) is 261 Å².